The molecule has 5 N–H and O–H groups in total. The molecular formula is C7H17N3O. The van der Waals surface area contributed by atoms with E-state index in [4.69, 9.17) is 16.3 Å². The number of hydrogen-bond acceptors (Lipinski definition) is 4. The lowest BCUT2D eigenvalue weighted by molar-refractivity contribution is 0.0105. The molecule has 0 radical (unpaired) electrons. The van der Waals surface area contributed by atoms with Crippen molar-refractivity contribution in [2.75, 3.05) is 6.61 Å². The molecule has 66 valence electrons. The molecule has 4 nitrogen and oxygen atoms in total. The molecule has 0 aromatic rings. The summed E-state index contributed by atoms with van der Waals surface area (Å²) in [5.74, 6) is 5.01. The van der Waals surface area contributed by atoms with Crippen LogP contribution in [0.5, 0.6) is 0 Å². The van der Waals surface area contributed by atoms with Gasteiger partial charge in [0, 0.05) is 6.20 Å². The molecule has 0 bridgehead atoms. The molecule has 11 heavy (non-hydrogen) atoms. The van der Waals surface area contributed by atoms with Crippen LogP contribution in [0.1, 0.15) is 20.8 Å². The highest BCUT2D eigenvalue weighted by atomic mass is 16.5. The quantitative estimate of drug-likeness (QED) is 0.402. The van der Waals surface area contributed by atoms with Crippen molar-refractivity contribution in [1.82, 2.24) is 5.43 Å². The summed E-state index contributed by atoms with van der Waals surface area (Å²) in [4.78, 5) is 0. The highest BCUT2D eigenvalue weighted by Crippen LogP contribution is 2.06. The van der Waals surface area contributed by atoms with Crippen molar-refractivity contribution in [3.05, 3.63) is 11.9 Å². The Kier molecular flexibility index (Phi) is 3.92. The molecule has 0 fully saturated rings. The average molecular weight is 159 g/mol. The van der Waals surface area contributed by atoms with Crippen molar-refractivity contribution in [3.63, 3.8) is 0 Å². The molecule has 0 saturated heterocycles. The second-order valence-electron chi connectivity index (χ2n) is 3.29. The summed E-state index contributed by atoms with van der Waals surface area (Å²) in [5.41, 5.74) is 8.25. The van der Waals surface area contributed by atoms with Gasteiger partial charge in [-0.1, -0.05) is 0 Å². The molecule has 0 spiro atoms. The van der Waals surface area contributed by atoms with E-state index in [1.165, 1.54) is 6.20 Å². The summed E-state index contributed by atoms with van der Waals surface area (Å²) in [6.45, 7) is 6.30. The molecule has 4 heteroatoms. The van der Waals surface area contributed by atoms with Gasteiger partial charge in [0.2, 0.25) is 0 Å². The highest BCUT2D eigenvalue weighted by Gasteiger charge is 2.09. The minimum Gasteiger partial charge on any atom is -0.399 e. The monoisotopic (exact) mass is 159 g/mol. The normalized spacial score (nSPS) is 13.3. The summed E-state index contributed by atoms with van der Waals surface area (Å²) < 4.78 is 5.35. The topological polar surface area (TPSA) is 73.3 Å². The van der Waals surface area contributed by atoms with Gasteiger partial charge in [0.1, 0.15) is 0 Å². The summed E-state index contributed by atoms with van der Waals surface area (Å²) in [6.07, 6.45) is 1.51. The van der Waals surface area contributed by atoms with E-state index in [9.17, 15) is 0 Å². The zero-order chi connectivity index (χ0) is 8.91. The van der Waals surface area contributed by atoms with E-state index < -0.39 is 0 Å². The van der Waals surface area contributed by atoms with Crippen LogP contribution in [0.25, 0.3) is 0 Å². The first-order valence-electron chi connectivity index (χ1n) is 3.50. The van der Waals surface area contributed by atoms with Crippen molar-refractivity contribution < 1.29 is 4.74 Å². The zero-order valence-electron chi connectivity index (χ0n) is 7.35. The summed E-state index contributed by atoms with van der Waals surface area (Å²) in [5, 5.41) is 0. The number of nitrogens with one attached hydrogen (secondary N) is 1. The Morgan fingerprint density at radius 2 is 2.09 bits per heavy atom. The van der Waals surface area contributed by atoms with Crippen molar-refractivity contribution in [3.8, 4) is 0 Å². The van der Waals surface area contributed by atoms with Crippen LogP contribution in [0.4, 0.5) is 0 Å². The third-order valence-corrected chi connectivity index (χ3v) is 0.941. The minimum atomic E-state index is -0.160. The van der Waals surface area contributed by atoms with Gasteiger partial charge in [-0.3, -0.25) is 5.84 Å². The molecule has 0 atom stereocenters. The van der Waals surface area contributed by atoms with Crippen molar-refractivity contribution in [2.24, 2.45) is 11.6 Å². The first-order valence-corrected chi connectivity index (χ1v) is 3.50. The van der Waals surface area contributed by atoms with Crippen molar-refractivity contribution in [2.45, 2.75) is 26.4 Å². The maximum Gasteiger partial charge on any atom is 0.0882 e. The molecule has 0 aliphatic carbocycles. The molecule has 0 rings (SSSR count). The fraction of sp³-hybridized carbons (Fsp3) is 0.714. The Morgan fingerprint density at radius 1 is 1.55 bits per heavy atom. The minimum absolute atomic E-state index is 0.160. The molecule has 0 aromatic carbocycles. The fourth-order valence-electron chi connectivity index (χ4n) is 0.449. The number of nitrogens with two attached hydrogens (primary N) is 2. The predicted molar refractivity (Wildman–Crippen MR) is 45.3 cm³/mol. The van der Waals surface area contributed by atoms with Crippen LogP contribution < -0.4 is 17.0 Å². The molecule has 0 aromatic heterocycles. The second kappa shape index (κ2) is 4.20. The summed E-state index contributed by atoms with van der Waals surface area (Å²) >= 11 is 0. The van der Waals surface area contributed by atoms with E-state index in [1.807, 2.05) is 20.8 Å². The van der Waals surface area contributed by atoms with E-state index in [1.54, 1.807) is 0 Å². The molecule has 0 aliphatic heterocycles. The predicted octanol–water partition coefficient (Wildman–Crippen LogP) is 0.0649. The SMILES string of the molecule is CC(C)(C)OC/C(N)=C/NN. The molecular weight excluding hydrogens is 142 g/mol. The third kappa shape index (κ3) is 7.15. The first-order chi connectivity index (χ1) is 4.95. The Labute approximate surface area is 67.6 Å². The van der Waals surface area contributed by atoms with Gasteiger partial charge < -0.3 is 15.9 Å². The third-order valence-electron chi connectivity index (χ3n) is 0.941. The number of hydrazine groups is 1. The van der Waals surface area contributed by atoms with Gasteiger partial charge in [0.05, 0.1) is 17.9 Å². The van der Waals surface area contributed by atoms with Gasteiger partial charge in [0.15, 0.2) is 0 Å². The van der Waals surface area contributed by atoms with Gasteiger partial charge in [-0.25, -0.2) is 0 Å². The smallest absolute Gasteiger partial charge is 0.0882 e. The van der Waals surface area contributed by atoms with E-state index in [0.717, 1.165) is 0 Å². The Hall–Kier alpha value is -0.740. The molecule has 0 unspecified atom stereocenters. The van der Waals surface area contributed by atoms with Gasteiger partial charge >= 0.3 is 0 Å². The van der Waals surface area contributed by atoms with Gasteiger partial charge in [-0.2, -0.15) is 0 Å². The van der Waals surface area contributed by atoms with E-state index >= 15 is 0 Å². The number of rotatable bonds is 3. The lowest BCUT2D eigenvalue weighted by Gasteiger charge is -2.19. The van der Waals surface area contributed by atoms with E-state index in [2.05, 4.69) is 5.43 Å². The van der Waals surface area contributed by atoms with E-state index in [0.29, 0.717) is 12.3 Å². The highest BCUT2D eigenvalue weighted by molar-refractivity contribution is 4.94. The van der Waals surface area contributed by atoms with Gasteiger partial charge in [0.25, 0.3) is 0 Å². The Balaban J connectivity index is 3.62. The maximum atomic E-state index is 5.48. The second-order valence-corrected chi connectivity index (χ2v) is 3.29. The van der Waals surface area contributed by atoms with Crippen LogP contribution in [-0.4, -0.2) is 12.2 Å². The van der Waals surface area contributed by atoms with E-state index in [-0.39, 0.29) is 5.60 Å². The summed E-state index contributed by atoms with van der Waals surface area (Å²) in [7, 11) is 0. The molecule has 0 amide bonds. The fourth-order valence-corrected chi connectivity index (χ4v) is 0.449. The van der Waals surface area contributed by atoms with Crippen LogP contribution in [0, 0.1) is 0 Å². The Bertz CT molecular complexity index is 137. The van der Waals surface area contributed by atoms with Crippen LogP contribution >= 0.6 is 0 Å². The van der Waals surface area contributed by atoms with Crippen LogP contribution in [0.3, 0.4) is 0 Å². The van der Waals surface area contributed by atoms with Gasteiger partial charge in [-0.15, -0.1) is 0 Å². The number of ether oxygens (including phenoxy) is 1. The molecule has 0 saturated carbocycles. The van der Waals surface area contributed by atoms with Gasteiger partial charge in [-0.05, 0) is 20.8 Å². The standard InChI is InChI=1S/C7H17N3O/c1-7(2,3)11-5-6(8)4-10-9/h4,10H,5,8-9H2,1-3H3/b6-4-. The van der Waals surface area contributed by atoms with Crippen LogP contribution in [0.2, 0.25) is 0 Å². The van der Waals surface area contributed by atoms with Crippen LogP contribution in [0.15, 0.2) is 11.9 Å². The summed E-state index contributed by atoms with van der Waals surface area (Å²) in [6, 6.07) is 0. The molecule has 0 aliphatic rings. The first kappa shape index (κ1) is 10.3. The zero-order valence-corrected chi connectivity index (χ0v) is 7.35. The average Bonchev–Trinajstić information content (AvgIpc) is 1.83. The van der Waals surface area contributed by atoms with Crippen molar-refractivity contribution in [1.29, 1.82) is 0 Å². The molecule has 0 heterocycles. The van der Waals surface area contributed by atoms with Crippen LogP contribution in [-0.2, 0) is 4.74 Å². The lowest BCUT2D eigenvalue weighted by atomic mass is 10.2. The van der Waals surface area contributed by atoms with Crippen molar-refractivity contribution >= 4 is 0 Å². The lowest BCUT2D eigenvalue weighted by Crippen LogP contribution is -2.24. The maximum absolute atomic E-state index is 5.48. The number of hydrogen-bond donors (Lipinski definition) is 3. The Morgan fingerprint density at radius 3 is 2.45 bits per heavy atom. The largest absolute Gasteiger partial charge is 0.399 e.